The van der Waals surface area contributed by atoms with Crippen molar-refractivity contribution in [1.29, 1.82) is 0 Å². The van der Waals surface area contributed by atoms with Gasteiger partial charge in [0, 0.05) is 6.04 Å². The first-order valence-corrected chi connectivity index (χ1v) is 7.50. The first-order chi connectivity index (χ1) is 9.29. The first kappa shape index (κ1) is 15.1. The SMILES string of the molecule is C=C[C@@H]1CC[C@@H](c2ccccc2)N1S(=O)(=O)C(F)(F)F. The van der Waals surface area contributed by atoms with Gasteiger partial charge in [0.05, 0.1) is 6.04 Å². The van der Waals surface area contributed by atoms with E-state index in [1.807, 2.05) is 0 Å². The summed E-state index contributed by atoms with van der Waals surface area (Å²) in [7, 11) is -5.37. The predicted molar refractivity (Wildman–Crippen MR) is 69.2 cm³/mol. The van der Waals surface area contributed by atoms with E-state index in [0.29, 0.717) is 22.7 Å². The van der Waals surface area contributed by atoms with Crippen LogP contribution >= 0.6 is 0 Å². The molecule has 0 spiro atoms. The van der Waals surface area contributed by atoms with Gasteiger partial charge in [0.2, 0.25) is 0 Å². The quantitative estimate of drug-likeness (QED) is 0.804. The van der Waals surface area contributed by atoms with E-state index in [1.165, 1.54) is 6.08 Å². The number of hydrogen-bond acceptors (Lipinski definition) is 2. The van der Waals surface area contributed by atoms with Crippen molar-refractivity contribution in [3.05, 3.63) is 48.6 Å². The number of alkyl halides is 3. The van der Waals surface area contributed by atoms with Gasteiger partial charge in [-0.2, -0.15) is 17.5 Å². The Bertz CT molecular complexity index is 583. The Kier molecular flexibility index (Phi) is 3.93. The Morgan fingerprint density at radius 3 is 2.30 bits per heavy atom. The highest BCUT2D eigenvalue weighted by atomic mass is 32.2. The van der Waals surface area contributed by atoms with Crippen molar-refractivity contribution >= 4 is 10.0 Å². The lowest BCUT2D eigenvalue weighted by Gasteiger charge is -2.28. The third kappa shape index (κ3) is 2.47. The van der Waals surface area contributed by atoms with Crippen molar-refractivity contribution in [3.63, 3.8) is 0 Å². The summed E-state index contributed by atoms with van der Waals surface area (Å²) in [6.45, 7) is 3.44. The zero-order chi connectivity index (χ0) is 15.0. The topological polar surface area (TPSA) is 37.4 Å². The van der Waals surface area contributed by atoms with E-state index in [0.717, 1.165) is 0 Å². The number of halogens is 3. The second kappa shape index (κ2) is 5.21. The van der Waals surface area contributed by atoms with Crippen molar-refractivity contribution in [1.82, 2.24) is 4.31 Å². The highest BCUT2D eigenvalue weighted by molar-refractivity contribution is 7.90. The summed E-state index contributed by atoms with van der Waals surface area (Å²) in [6.07, 6.45) is 1.93. The average molecular weight is 305 g/mol. The van der Waals surface area contributed by atoms with Gasteiger partial charge in [0.25, 0.3) is 0 Å². The van der Waals surface area contributed by atoms with Crippen LogP contribution in [0.5, 0.6) is 0 Å². The average Bonchev–Trinajstić information content (AvgIpc) is 2.82. The van der Waals surface area contributed by atoms with Crippen LogP contribution in [-0.4, -0.2) is 24.3 Å². The van der Waals surface area contributed by atoms with Gasteiger partial charge >= 0.3 is 15.5 Å². The Morgan fingerprint density at radius 2 is 1.80 bits per heavy atom. The molecule has 1 fully saturated rings. The molecule has 0 radical (unpaired) electrons. The Morgan fingerprint density at radius 1 is 1.20 bits per heavy atom. The van der Waals surface area contributed by atoms with E-state index in [1.54, 1.807) is 30.3 Å². The minimum Gasteiger partial charge on any atom is -0.203 e. The van der Waals surface area contributed by atoms with Crippen LogP contribution in [0, 0.1) is 0 Å². The normalized spacial score (nSPS) is 24.8. The molecule has 2 rings (SSSR count). The maximum absolute atomic E-state index is 12.8. The lowest BCUT2D eigenvalue weighted by atomic mass is 10.1. The third-order valence-corrected chi connectivity index (χ3v) is 5.06. The van der Waals surface area contributed by atoms with Gasteiger partial charge in [-0.25, -0.2) is 8.42 Å². The zero-order valence-electron chi connectivity index (χ0n) is 10.5. The number of nitrogens with zero attached hydrogens (tertiary/aromatic N) is 1. The van der Waals surface area contributed by atoms with Gasteiger partial charge < -0.3 is 0 Å². The monoisotopic (exact) mass is 305 g/mol. The van der Waals surface area contributed by atoms with Crippen molar-refractivity contribution in [2.45, 2.75) is 30.4 Å². The first-order valence-electron chi connectivity index (χ1n) is 6.06. The molecule has 0 aromatic heterocycles. The van der Waals surface area contributed by atoms with E-state index in [2.05, 4.69) is 6.58 Å². The van der Waals surface area contributed by atoms with E-state index < -0.39 is 27.6 Å². The molecule has 0 amide bonds. The summed E-state index contributed by atoms with van der Waals surface area (Å²) in [4.78, 5) is 0. The van der Waals surface area contributed by atoms with E-state index >= 15 is 0 Å². The molecule has 20 heavy (non-hydrogen) atoms. The molecule has 2 atom stereocenters. The minimum absolute atomic E-state index is 0.332. The molecule has 1 aliphatic rings. The van der Waals surface area contributed by atoms with Gasteiger partial charge in [0.1, 0.15) is 0 Å². The van der Waals surface area contributed by atoms with Crippen molar-refractivity contribution in [3.8, 4) is 0 Å². The van der Waals surface area contributed by atoms with E-state index in [-0.39, 0.29) is 0 Å². The zero-order valence-corrected chi connectivity index (χ0v) is 11.4. The van der Waals surface area contributed by atoms with Gasteiger partial charge in [0.15, 0.2) is 0 Å². The fraction of sp³-hybridized carbons (Fsp3) is 0.385. The Hall–Kier alpha value is -1.34. The maximum Gasteiger partial charge on any atom is 0.511 e. The second-order valence-corrected chi connectivity index (χ2v) is 6.42. The van der Waals surface area contributed by atoms with E-state index in [4.69, 9.17) is 0 Å². The van der Waals surface area contributed by atoms with Crippen LogP contribution in [0.25, 0.3) is 0 Å². The molecule has 7 heteroatoms. The Labute approximate surface area is 115 Å². The van der Waals surface area contributed by atoms with Gasteiger partial charge in [-0.1, -0.05) is 36.4 Å². The molecule has 0 bridgehead atoms. The van der Waals surface area contributed by atoms with Crippen molar-refractivity contribution < 1.29 is 21.6 Å². The number of sulfonamides is 1. The molecular formula is C13H14F3NO2S. The molecule has 1 aromatic rings. The predicted octanol–water partition coefficient (Wildman–Crippen LogP) is 3.23. The lowest BCUT2D eigenvalue weighted by molar-refractivity contribution is -0.0499. The van der Waals surface area contributed by atoms with Crippen LogP contribution in [-0.2, 0) is 10.0 Å². The number of benzene rings is 1. The Balaban J connectivity index is 2.47. The summed E-state index contributed by atoms with van der Waals surface area (Å²) >= 11 is 0. The molecule has 1 heterocycles. The number of hydrogen-bond donors (Lipinski definition) is 0. The van der Waals surface area contributed by atoms with Crippen LogP contribution in [0.15, 0.2) is 43.0 Å². The lowest BCUT2D eigenvalue weighted by Crippen LogP contribution is -2.43. The molecular weight excluding hydrogens is 291 g/mol. The second-order valence-electron chi connectivity index (χ2n) is 4.59. The summed E-state index contributed by atoms with van der Waals surface area (Å²) in [5.74, 6) is 0. The smallest absolute Gasteiger partial charge is 0.203 e. The molecule has 0 aliphatic carbocycles. The van der Waals surface area contributed by atoms with Crippen LogP contribution < -0.4 is 0 Å². The molecule has 1 saturated heterocycles. The highest BCUT2D eigenvalue weighted by Crippen LogP contribution is 2.43. The van der Waals surface area contributed by atoms with Gasteiger partial charge in [-0.15, -0.1) is 6.58 Å². The van der Waals surface area contributed by atoms with Crippen LogP contribution in [0.1, 0.15) is 24.4 Å². The fourth-order valence-corrected chi connectivity index (χ4v) is 3.84. The molecule has 1 aliphatic heterocycles. The van der Waals surface area contributed by atoms with Crippen LogP contribution in [0.4, 0.5) is 13.2 Å². The molecule has 0 saturated carbocycles. The van der Waals surface area contributed by atoms with Gasteiger partial charge in [-0.3, -0.25) is 0 Å². The molecule has 1 aromatic carbocycles. The highest BCUT2D eigenvalue weighted by Gasteiger charge is 2.55. The molecule has 0 unspecified atom stereocenters. The third-order valence-electron chi connectivity index (χ3n) is 3.40. The minimum atomic E-state index is -5.37. The van der Waals surface area contributed by atoms with Crippen molar-refractivity contribution in [2.75, 3.05) is 0 Å². The fourth-order valence-electron chi connectivity index (χ4n) is 2.49. The molecule has 110 valence electrons. The van der Waals surface area contributed by atoms with E-state index in [9.17, 15) is 21.6 Å². The van der Waals surface area contributed by atoms with Gasteiger partial charge in [-0.05, 0) is 18.4 Å². The van der Waals surface area contributed by atoms with Crippen LogP contribution in [0.3, 0.4) is 0 Å². The summed E-state index contributed by atoms with van der Waals surface area (Å²) in [6, 6.07) is 6.72. The summed E-state index contributed by atoms with van der Waals surface area (Å²) in [5, 5.41) is 0. The largest absolute Gasteiger partial charge is 0.511 e. The van der Waals surface area contributed by atoms with Crippen LogP contribution in [0.2, 0.25) is 0 Å². The number of rotatable bonds is 3. The molecule has 3 nitrogen and oxygen atoms in total. The summed E-state index contributed by atoms with van der Waals surface area (Å²) in [5.41, 5.74) is -4.74. The summed E-state index contributed by atoms with van der Waals surface area (Å²) < 4.78 is 62.5. The standard InChI is InChI=1S/C13H14F3NO2S/c1-2-11-8-9-12(10-6-4-3-5-7-10)17(11)20(18,19)13(14,15)16/h2-7,11-12H,1,8-9H2/t11-,12+/m1/s1. The molecule has 0 N–H and O–H groups in total. The maximum atomic E-state index is 12.8. The van der Waals surface area contributed by atoms with Crippen molar-refractivity contribution in [2.24, 2.45) is 0 Å².